The Morgan fingerprint density at radius 2 is 2.16 bits per heavy atom. The van der Waals surface area contributed by atoms with Crippen LogP contribution < -0.4 is 4.74 Å². The molecule has 0 bridgehead atoms. The molecule has 100 valence electrons. The molecule has 0 aliphatic heterocycles. The van der Waals surface area contributed by atoms with Crippen molar-refractivity contribution in [2.75, 3.05) is 7.11 Å². The van der Waals surface area contributed by atoms with E-state index >= 15 is 0 Å². The number of methoxy groups -OCH3 is 1. The van der Waals surface area contributed by atoms with Gasteiger partial charge in [0, 0.05) is 17.1 Å². The lowest BCUT2D eigenvalue weighted by Gasteiger charge is -2.15. The Morgan fingerprint density at radius 1 is 1.37 bits per heavy atom. The number of benzene rings is 1. The molecule has 0 aliphatic rings. The lowest BCUT2D eigenvalue weighted by atomic mass is 10.0. The number of aliphatic hydroxyl groups is 1. The summed E-state index contributed by atoms with van der Waals surface area (Å²) >= 11 is 3.43. The second-order valence-electron chi connectivity index (χ2n) is 4.38. The minimum Gasteiger partial charge on any atom is -0.496 e. The Balaban J connectivity index is 2.26. The van der Waals surface area contributed by atoms with Crippen LogP contribution in [0.2, 0.25) is 0 Å². The van der Waals surface area contributed by atoms with E-state index in [2.05, 4.69) is 20.9 Å². The summed E-state index contributed by atoms with van der Waals surface area (Å²) in [6.07, 6.45) is 1.54. The molecule has 2 rings (SSSR count). The number of halogens is 1. The van der Waals surface area contributed by atoms with E-state index in [9.17, 15) is 5.11 Å². The molecule has 1 N–H and O–H groups in total. The van der Waals surface area contributed by atoms with Crippen LogP contribution in [-0.4, -0.2) is 17.2 Å². The highest BCUT2D eigenvalue weighted by molar-refractivity contribution is 9.10. The number of aliphatic hydroxyl groups excluding tert-OH is 1. The fourth-order valence-electron chi connectivity index (χ4n) is 2.06. The molecule has 1 unspecified atom stereocenters. The summed E-state index contributed by atoms with van der Waals surface area (Å²) in [4.78, 5) is 4.25. The number of aromatic nitrogens is 1. The van der Waals surface area contributed by atoms with E-state index in [1.54, 1.807) is 13.3 Å². The van der Waals surface area contributed by atoms with Gasteiger partial charge in [0.25, 0.3) is 0 Å². The predicted molar refractivity (Wildman–Crippen MR) is 78.3 cm³/mol. The Bertz CT molecular complexity index is 572. The molecule has 0 fully saturated rings. The minimum absolute atomic E-state index is 0.473. The van der Waals surface area contributed by atoms with Crippen molar-refractivity contribution in [1.82, 2.24) is 4.98 Å². The topological polar surface area (TPSA) is 42.4 Å². The molecule has 1 aromatic carbocycles. The number of nitrogens with zero attached hydrogens (tertiary/aromatic N) is 1. The van der Waals surface area contributed by atoms with Crippen LogP contribution in [0.4, 0.5) is 0 Å². The van der Waals surface area contributed by atoms with E-state index in [1.807, 2.05) is 37.3 Å². The minimum atomic E-state index is -0.635. The normalized spacial score (nSPS) is 12.2. The fraction of sp³-hybridized carbons (Fsp3) is 0.267. The third-order valence-electron chi connectivity index (χ3n) is 3.02. The summed E-state index contributed by atoms with van der Waals surface area (Å²) in [6, 6.07) is 9.58. The zero-order valence-corrected chi connectivity index (χ0v) is 12.5. The van der Waals surface area contributed by atoms with Gasteiger partial charge < -0.3 is 9.84 Å². The molecule has 0 saturated heterocycles. The molecular formula is C15H16BrNO2. The third kappa shape index (κ3) is 3.33. The van der Waals surface area contributed by atoms with Crippen molar-refractivity contribution in [3.05, 3.63) is 57.8 Å². The van der Waals surface area contributed by atoms with Crippen molar-refractivity contribution in [3.8, 4) is 5.75 Å². The summed E-state index contributed by atoms with van der Waals surface area (Å²) in [5.41, 5.74) is 2.66. The summed E-state index contributed by atoms with van der Waals surface area (Å²) in [5.74, 6) is 0.774. The van der Waals surface area contributed by atoms with Crippen molar-refractivity contribution in [2.24, 2.45) is 0 Å². The fourth-order valence-corrected chi connectivity index (χ4v) is 2.47. The van der Waals surface area contributed by atoms with Gasteiger partial charge in [0.2, 0.25) is 0 Å². The molecule has 19 heavy (non-hydrogen) atoms. The number of hydrogen-bond donors (Lipinski definition) is 1. The van der Waals surface area contributed by atoms with Gasteiger partial charge in [-0.15, -0.1) is 0 Å². The van der Waals surface area contributed by atoms with E-state index in [0.717, 1.165) is 21.3 Å². The first-order valence-corrected chi connectivity index (χ1v) is 6.83. The zero-order chi connectivity index (χ0) is 13.8. The summed E-state index contributed by atoms with van der Waals surface area (Å²) in [5, 5.41) is 10.3. The smallest absolute Gasteiger partial charge is 0.122 e. The van der Waals surface area contributed by atoms with Crippen LogP contribution in [-0.2, 0) is 6.42 Å². The standard InChI is InChI=1S/C15H16BrNO2/c1-10-4-3-7-17-15(10)13(18)9-11-8-12(16)5-6-14(11)19-2/h3-8,13,18H,9H2,1-2H3. The van der Waals surface area contributed by atoms with Gasteiger partial charge in [-0.1, -0.05) is 22.0 Å². The average Bonchev–Trinajstić information content (AvgIpc) is 2.39. The summed E-state index contributed by atoms with van der Waals surface area (Å²) in [6.45, 7) is 1.95. The highest BCUT2D eigenvalue weighted by atomic mass is 79.9. The van der Waals surface area contributed by atoms with E-state index in [1.165, 1.54) is 0 Å². The van der Waals surface area contributed by atoms with Crippen LogP contribution in [0.3, 0.4) is 0 Å². The molecule has 1 heterocycles. The molecule has 0 saturated carbocycles. The van der Waals surface area contributed by atoms with Crippen LogP contribution in [0.25, 0.3) is 0 Å². The molecule has 4 heteroatoms. The van der Waals surface area contributed by atoms with E-state index in [4.69, 9.17) is 4.74 Å². The van der Waals surface area contributed by atoms with Crippen molar-refractivity contribution in [2.45, 2.75) is 19.4 Å². The molecule has 1 atom stereocenters. The lowest BCUT2D eigenvalue weighted by molar-refractivity contribution is 0.171. The van der Waals surface area contributed by atoms with Gasteiger partial charge in [0.1, 0.15) is 11.9 Å². The van der Waals surface area contributed by atoms with Gasteiger partial charge >= 0.3 is 0 Å². The van der Waals surface area contributed by atoms with Crippen molar-refractivity contribution >= 4 is 15.9 Å². The Morgan fingerprint density at radius 3 is 2.84 bits per heavy atom. The van der Waals surface area contributed by atoms with Crippen molar-refractivity contribution in [3.63, 3.8) is 0 Å². The zero-order valence-electron chi connectivity index (χ0n) is 10.9. The van der Waals surface area contributed by atoms with E-state index in [0.29, 0.717) is 12.1 Å². The molecule has 0 radical (unpaired) electrons. The third-order valence-corrected chi connectivity index (χ3v) is 3.51. The Hall–Kier alpha value is -1.39. The van der Waals surface area contributed by atoms with Gasteiger partial charge in [0.05, 0.1) is 12.8 Å². The van der Waals surface area contributed by atoms with Crippen molar-refractivity contribution < 1.29 is 9.84 Å². The van der Waals surface area contributed by atoms with E-state index in [-0.39, 0.29) is 0 Å². The van der Waals surface area contributed by atoms with Crippen LogP contribution in [0.1, 0.15) is 22.9 Å². The van der Waals surface area contributed by atoms with Crippen LogP contribution in [0, 0.1) is 6.92 Å². The van der Waals surface area contributed by atoms with E-state index < -0.39 is 6.10 Å². The number of pyridine rings is 1. The van der Waals surface area contributed by atoms with Crippen molar-refractivity contribution in [1.29, 1.82) is 0 Å². The van der Waals surface area contributed by atoms with Gasteiger partial charge in [-0.05, 0) is 42.3 Å². The van der Waals surface area contributed by atoms with Crippen LogP contribution >= 0.6 is 15.9 Å². The first-order valence-electron chi connectivity index (χ1n) is 6.04. The predicted octanol–water partition coefficient (Wildman–Crippen LogP) is 3.44. The van der Waals surface area contributed by atoms with Gasteiger partial charge in [0.15, 0.2) is 0 Å². The maximum absolute atomic E-state index is 10.3. The summed E-state index contributed by atoms with van der Waals surface area (Å²) in [7, 11) is 1.63. The maximum atomic E-state index is 10.3. The first-order chi connectivity index (χ1) is 9.11. The second kappa shape index (κ2) is 6.17. The highest BCUT2D eigenvalue weighted by Gasteiger charge is 2.15. The number of hydrogen-bond acceptors (Lipinski definition) is 3. The molecular weight excluding hydrogens is 306 g/mol. The molecule has 2 aromatic rings. The lowest BCUT2D eigenvalue weighted by Crippen LogP contribution is -2.07. The Kier molecular flexibility index (Phi) is 4.56. The number of aryl methyl sites for hydroxylation is 1. The SMILES string of the molecule is COc1ccc(Br)cc1CC(O)c1ncccc1C. The largest absolute Gasteiger partial charge is 0.496 e. The van der Waals surface area contributed by atoms with Gasteiger partial charge in [-0.3, -0.25) is 4.98 Å². The quantitative estimate of drug-likeness (QED) is 0.938. The highest BCUT2D eigenvalue weighted by Crippen LogP contribution is 2.28. The first kappa shape index (κ1) is 14.0. The Labute approximate surface area is 121 Å². The molecule has 3 nitrogen and oxygen atoms in total. The maximum Gasteiger partial charge on any atom is 0.122 e. The molecule has 0 spiro atoms. The molecule has 0 aliphatic carbocycles. The molecule has 1 aromatic heterocycles. The molecule has 0 amide bonds. The second-order valence-corrected chi connectivity index (χ2v) is 5.30. The van der Waals surface area contributed by atoms with Gasteiger partial charge in [-0.2, -0.15) is 0 Å². The average molecular weight is 322 g/mol. The van der Waals surface area contributed by atoms with Crippen LogP contribution in [0.5, 0.6) is 5.75 Å². The number of rotatable bonds is 4. The van der Waals surface area contributed by atoms with Crippen LogP contribution in [0.15, 0.2) is 41.0 Å². The van der Waals surface area contributed by atoms with Gasteiger partial charge in [-0.25, -0.2) is 0 Å². The number of ether oxygens (including phenoxy) is 1. The summed E-state index contributed by atoms with van der Waals surface area (Å²) < 4.78 is 6.28. The monoisotopic (exact) mass is 321 g/mol.